The Morgan fingerprint density at radius 3 is 2.80 bits per heavy atom. The molecule has 0 bridgehead atoms. The van der Waals surface area contributed by atoms with E-state index in [1.54, 1.807) is 0 Å². The molecule has 1 rings (SSSR count). The van der Waals surface area contributed by atoms with Crippen molar-refractivity contribution >= 4 is 0 Å². The minimum atomic E-state index is 0.571. The van der Waals surface area contributed by atoms with Gasteiger partial charge < -0.3 is 0 Å². The Balaban J connectivity index is 2.52. The van der Waals surface area contributed by atoms with E-state index in [4.69, 9.17) is 0 Å². The highest BCUT2D eigenvalue weighted by Crippen LogP contribution is 2.22. The number of rotatable bonds is 1. The van der Waals surface area contributed by atoms with Crippen LogP contribution >= 0.6 is 0 Å². The maximum absolute atomic E-state index is 12.0. The van der Waals surface area contributed by atoms with Crippen molar-refractivity contribution in [2.75, 3.05) is 13.6 Å². The number of likely N-dealkylation sites (tertiary alicyclic amines) is 1. The Labute approximate surface area is 61.5 Å². The Bertz CT molecular complexity index is 142. The van der Waals surface area contributed by atoms with E-state index in [1.807, 2.05) is 7.05 Å². The van der Waals surface area contributed by atoms with Crippen molar-refractivity contribution < 1.29 is 4.39 Å². The third kappa shape index (κ3) is 1.37. The van der Waals surface area contributed by atoms with Gasteiger partial charge in [0, 0.05) is 12.6 Å². The molecule has 0 unspecified atom stereocenters. The van der Waals surface area contributed by atoms with Crippen LogP contribution in [0.2, 0.25) is 0 Å². The SMILES string of the molecule is CC[C@H]1C/C(=C/F)CN1C. The second kappa shape index (κ2) is 3.15. The maximum Gasteiger partial charge on any atom is 0.0872 e. The van der Waals surface area contributed by atoms with Crippen LogP contribution in [0.4, 0.5) is 4.39 Å². The summed E-state index contributed by atoms with van der Waals surface area (Å²) in [7, 11) is 2.05. The monoisotopic (exact) mass is 143 g/mol. The van der Waals surface area contributed by atoms with E-state index in [0.717, 1.165) is 31.3 Å². The van der Waals surface area contributed by atoms with Crippen molar-refractivity contribution in [3.63, 3.8) is 0 Å². The zero-order valence-electron chi connectivity index (χ0n) is 6.60. The summed E-state index contributed by atoms with van der Waals surface area (Å²) in [5.74, 6) is 0. The molecule has 0 aromatic rings. The third-order valence-electron chi connectivity index (χ3n) is 2.20. The van der Waals surface area contributed by atoms with Gasteiger partial charge in [0.15, 0.2) is 0 Å². The Morgan fingerprint density at radius 2 is 2.50 bits per heavy atom. The summed E-state index contributed by atoms with van der Waals surface area (Å²) < 4.78 is 12.0. The van der Waals surface area contributed by atoms with Crippen LogP contribution in [0.1, 0.15) is 19.8 Å². The van der Waals surface area contributed by atoms with Crippen LogP contribution in [-0.4, -0.2) is 24.5 Å². The molecule has 1 aliphatic heterocycles. The lowest BCUT2D eigenvalue weighted by atomic mass is 10.1. The number of likely N-dealkylation sites (N-methyl/N-ethyl adjacent to an activating group) is 1. The quantitative estimate of drug-likeness (QED) is 0.542. The van der Waals surface area contributed by atoms with Crippen molar-refractivity contribution in [3.8, 4) is 0 Å². The fourth-order valence-electron chi connectivity index (χ4n) is 1.51. The predicted molar refractivity (Wildman–Crippen MR) is 40.5 cm³/mol. The normalized spacial score (nSPS) is 31.9. The second-order valence-electron chi connectivity index (χ2n) is 2.95. The van der Waals surface area contributed by atoms with E-state index >= 15 is 0 Å². The molecule has 1 heterocycles. The minimum absolute atomic E-state index is 0.571. The predicted octanol–water partition coefficient (Wildman–Crippen LogP) is 1.95. The number of hydrogen-bond acceptors (Lipinski definition) is 1. The Kier molecular flexibility index (Phi) is 2.44. The molecule has 0 aromatic carbocycles. The molecular weight excluding hydrogens is 129 g/mol. The van der Waals surface area contributed by atoms with Crippen molar-refractivity contribution in [3.05, 3.63) is 11.9 Å². The van der Waals surface area contributed by atoms with E-state index in [2.05, 4.69) is 11.8 Å². The summed E-state index contributed by atoms with van der Waals surface area (Å²) in [6.45, 7) is 2.96. The molecule has 0 N–H and O–H groups in total. The molecule has 0 spiro atoms. The highest BCUT2D eigenvalue weighted by molar-refractivity contribution is 5.09. The zero-order chi connectivity index (χ0) is 7.56. The molecule has 10 heavy (non-hydrogen) atoms. The van der Waals surface area contributed by atoms with Crippen LogP contribution in [0.25, 0.3) is 0 Å². The number of halogens is 1. The molecular formula is C8H14FN. The second-order valence-corrected chi connectivity index (χ2v) is 2.95. The summed E-state index contributed by atoms with van der Waals surface area (Å²) >= 11 is 0. The standard InChI is InChI=1S/C8H14FN/c1-3-8-4-7(5-9)6-10(8)2/h5,8H,3-4,6H2,1-2H3/b7-5-/t8-/m0/s1. The van der Waals surface area contributed by atoms with Gasteiger partial charge in [-0.25, -0.2) is 4.39 Å². The maximum atomic E-state index is 12.0. The first kappa shape index (κ1) is 7.73. The van der Waals surface area contributed by atoms with Crippen LogP contribution in [0, 0.1) is 0 Å². The summed E-state index contributed by atoms with van der Waals surface area (Å²) in [5, 5.41) is 0. The summed E-state index contributed by atoms with van der Waals surface area (Å²) in [6, 6.07) is 0.571. The molecule has 0 radical (unpaired) electrons. The van der Waals surface area contributed by atoms with E-state index < -0.39 is 0 Å². The van der Waals surface area contributed by atoms with Crippen LogP contribution < -0.4 is 0 Å². The van der Waals surface area contributed by atoms with Crippen LogP contribution in [0.5, 0.6) is 0 Å². The smallest absolute Gasteiger partial charge is 0.0872 e. The van der Waals surface area contributed by atoms with E-state index in [9.17, 15) is 4.39 Å². The van der Waals surface area contributed by atoms with Crippen molar-refractivity contribution in [2.24, 2.45) is 0 Å². The first-order chi connectivity index (χ1) is 4.77. The topological polar surface area (TPSA) is 3.24 Å². The van der Waals surface area contributed by atoms with Gasteiger partial charge >= 0.3 is 0 Å². The van der Waals surface area contributed by atoms with Crippen LogP contribution in [0.3, 0.4) is 0 Å². The summed E-state index contributed by atoms with van der Waals surface area (Å²) in [5.41, 5.74) is 0.939. The van der Waals surface area contributed by atoms with Gasteiger partial charge in [0.1, 0.15) is 0 Å². The number of nitrogens with zero attached hydrogens (tertiary/aromatic N) is 1. The third-order valence-corrected chi connectivity index (χ3v) is 2.20. The molecule has 2 heteroatoms. The van der Waals surface area contributed by atoms with Crippen LogP contribution in [0.15, 0.2) is 11.9 Å². The Hall–Kier alpha value is -0.370. The molecule has 0 aromatic heterocycles. The lowest BCUT2D eigenvalue weighted by Gasteiger charge is -2.15. The fourth-order valence-corrected chi connectivity index (χ4v) is 1.51. The minimum Gasteiger partial charge on any atom is -0.299 e. The molecule has 1 nitrogen and oxygen atoms in total. The first-order valence-corrected chi connectivity index (χ1v) is 3.76. The van der Waals surface area contributed by atoms with Gasteiger partial charge in [-0.1, -0.05) is 6.92 Å². The average Bonchev–Trinajstić information content (AvgIpc) is 2.30. The molecule has 58 valence electrons. The van der Waals surface area contributed by atoms with E-state index in [-0.39, 0.29) is 0 Å². The zero-order valence-corrected chi connectivity index (χ0v) is 6.60. The van der Waals surface area contributed by atoms with Gasteiger partial charge in [-0.05, 0) is 25.5 Å². The molecule has 0 aliphatic carbocycles. The van der Waals surface area contributed by atoms with Gasteiger partial charge in [0.2, 0.25) is 0 Å². The van der Waals surface area contributed by atoms with Gasteiger partial charge in [-0.3, -0.25) is 4.90 Å². The van der Waals surface area contributed by atoms with Crippen molar-refractivity contribution in [1.29, 1.82) is 0 Å². The van der Waals surface area contributed by atoms with Gasteiger partial charge in [-0.2, -0.15) is 0 Å². The summed E-state index contributed by atoms with van der Waals surface area (Å²) in [6.07, 6.45) is 2.80. The highest BCUT2D eigenvalue weighted by Gasteiger charge is 2.22. The van der Waals surface area contributed by atoms with E-state index in [1.165, 1.54) is 0 Å². The molecule has 1 saturated heterocycles. The molecule has 1 atom stereocenters. The lowest BCUT2D eigenvalue weighted by Crippen LogP contribution is -2.23. The van der Waals surface area contributed by atoms with E-state index in [0.29, 0.717) is 6.04 Å². The summed E-state index contributed by atoms with van der Waals surface area (Å²) in [4.78, 5) is 2.20. The van der Waals surface area contributed by atoms with Gasteiger partial charge in [0.25, 0.3) is 0 Å². The van der Waals surface area contributed by atoms with Crippen LogP contribution in [-0.2, 0) is 0 Å². The molecule has 0 saturated carbocycles. The molecule has 0 amide bonds. The first-order valence-electron chi connectivity index (χ1n) is 3.76. The van der Waals surface area contributed by atoms with Crippen molar-refractivity contribution in [2.45, 2.75) is 25.8 Å². The average molecular weight is 143 g/mol. The van der Waals surface area contributed by atoms with Gasteiger partial charge in [0.05, 0.1) is 6.33 Å². The molecule has 1 aliphatic rings. The lowest BCUT2D eigenvalue weighted by molar-refractivity contribution is 0.305. The van der Waals surface area contributed by atoms with Gasteiger partial charge in [-0.15, -0.1) is 0 Å². The number of hydrogen-bond donors (Lipinski definition) is 0. The fraction of sp³-hybridized carbons (Fsp3) is 0.750. The Morgan fingerprint density at radius 1 is 1.80 bits per heavy atom. The molecule has 1 fully saturated rings. The largest absolute Gasteiger partial charge is 0.299 e. The van der Waals surface area contributed by atoms with Crippen molar-refractivity contribution in [1.82, 2.24) is 4.90 Å². The highest BCUT2D eigenvalue weighted by atomic mass is 19.1.